The van der Waals surface area contributed by atoms with Crippen molar-refractivity contribution in [2.75, 3.05) is 0 Å². The molecule has 3 heterocycles. The second kappa shape index (κ2) is 11.8. The van der Waals surface area contributed by atoms with Crippen LogP contribution in [0.25, 0.3) is 93.6 Å². The third kappa shape index (κ3) is 4.45. The first-order valence-corrected chi connectivity index (χ1v) is 18.3. The van der Waals surface area contributed by atoms with E-state index < -0.39 is 0 Å². The highest BCUT2D eigenvalue weighted by Gasteiger charge is 2.21. The number of hydrogen-bond donors (Lipinski definition) is 0. The van der Waals surface area contributed by atoms with Crippen molar-refractivity contribution in [2.24, 2.45) is 0 Å². The van der Waals surface area contributed by atoms with Gasteiger partial charge in [-0.3, -0.25) is 0 Å². The lowest BCUT2D eigenvalue weighted by Crippen LogP contribution is -2.01. The van der Waals surface area contributed by atoms with Crippen LogP contribution in [-0.4, -0.2) is 13.7 Å². The van der Waals surface area contributed by atoms with Crippen molar-refractivity contribution in [2.45, 2.75) is 0 Å². The van der Waals surface area contributed by atoms with Crippen LogP contribution in [-0.2, 0) is 0 Å². The van der Waals surface area contributed by atoms with Gasteiger partial charge < -0.3 is 13.7 Å². The third-order valence-corrected chi connectivity index (χ3v) is 11.1. The first kappa shape index (κ1) is 30.7. The van der Waals surface area contributed by atoms with E-state index in [1.165, 1.54) is 21.5 Å². The molecule has 0 spiro atoms. The highest BCUT2D eigenvalue weighted by Crippen LogP contribution is 2.41. The van der Waals surface area contributed by atoms with Gasteiger partial charge in [-0.2, -0.15) is 10.5 Å². The van der Waals surface area contributed by atoms with Crippen molar-refractivity contribution in [3.05, 3.63) is 187 Å². The molecule has 0 aliphatic rings. The predicted octanol–water partition coefficient (Wildman–Crippen LogP) is 12.4. The number of benzene rings is 8. The van der Waals surface area contributed by atoms with Crippen molar-refractivity contribution in [1.29, 1.82) is 10.5 Å². The maximum absolute atomic E-state index is 10.4. The summed E-state index contributed by atoms with van der Waals surface area (Å²) in [6.45, 7) is 0. The Kier molecular flexibility index (Phi) is 6.61. The summed E-state index contributed by atoms with van der Waals surface area (Å²) in [5.41, 5.74) is 12.4. The molecule has 0 bridgehead atoms. The van der Waals surface area contributed by atoms with Crippen LogP contribution in [0.3, 0.4) is 0 Å². The summed E-state index contributed by atoms with van der Waals surface area (Å²) in [6.07, 6.45) is 0. The fourth-order valence-corrected chi connectivity index (χ4v) is 8.80. The topological polar surface area (TPSA) is 62.4 Å². The van der Waals surface area contributed by atoms with Gasteiger partial charge in [-0.1, -0.05) is 109 Å². The lowest BCUT2D eigenvalue weighted by molar-refractivity contribution is 1.13. The van der Waals surface area contributed by atoms with Gasteiger partial charge in [0.25, 0.3) is 0 Å². The molecule has 11 aromatic rings. The van der Waals surface area contributed by atoms with Crippen molar-refractivity contribution < 1.29 is 0 Å². The summed E-state index contributed by atoms with van der Waals surface area (Å²) in [5.74, 6) is 0. The first-order valence-electron chi connectivity index (χ1n) is 18.3. The van der Waals surface area contributed by atoms with E-state index in [0.29, 0.717) is 11.1 Å². The van der Waals surface area contributed by atoms with Crippen molar-refractivity contribution in [3.63, 3.8) is 0 Å². The van der Waals surface area contributed by atoms with E-state index >= 15 is 0 Å². The van der Waals surface area contributed by atoms with E-state index in [-0.39, 0.29) is 0 Å². The average Bonchev–Trinajstić information content (AvgIpc) is 3.90. The summed E-state index contributed by atoms with van der Waals surface area (Å²) in [5, 5.41) is 27.4. The van der Waals surface area contributed by atoms with Crippen molar-refractivity contribution >= 4 is 65.4 Å². The molecule has 0 radical (unpaired) electrons. The Balaban J connectivity index is 1.17. The van der Waals surface area contributed by atoms with E-state index in [0.717, 1.165) is 72.1 Å². The van der Waals surface area contributed by atoms with E-state index in [1.54, 1.807) is 0 Å². The summed E-state index contributed by atoms with van der Waals surface area (Å²) in [4.78, 5) is 0. The van der Waals surface area contributed by atoms with Gasteiger partial charge in [-0.15, -0.1) is 0 Å². The van der Waals surface area contributed by atoms with Gasteiger partial charge in [0.2, 0.25) is 0 Å². The summed E-state index contributed by atoms with van der Waals surface area (Å²) in [7, 11) is 0. The summed E-state index contributed by atoms with van der Waals surface area (Å²) in [6, 6.07) is 66.0. The van der Waals surface area contributed by atoms with Crippen molar-refractivity contribution in [1.82, 2.24) is 13.7 Å². The molecule has 0 unspecified atom stereocenters. The van der Waals surface area contributed by atoms with Crippen LogP contribution in [0.15, 0.2) is 176 Å². The molecule has 3 aromatic heterocycles. The van der Waals surface area contributed by atoms with Crippen LogP contribution in [0.5, 0.6) is 0 Å². The Morgan fingerprint density at radius 2 is 0.836 bits per heavy atom. The maximum Gasteiger partial charge on any atom is 0.101 e. The lowest BCUT2D eigenvalue weighted by Gasteiger charge is -2.16. The Morgan fingerprint density at radius 3 is 1.45 bits per heavy atom. The molecular weight excluding hydrogens is 671 g/mol. The fourth-order valence-electron chi connectivity index (χ4n) is 8.80. The van der Waals surface area contributed by atoms with Gasteiger partial charge in [0.15, 0.2) is 0 Å². The molecule has 5 nitrogen and oxygen atoms in total. The zero-order chi connectivity index (χ0) is 36.6. The molecular formula is C50H29N5. The predicted molar refractivity (Wildman–Crippen MR) is 224 cm³/mol. The van der Waals surface area contributed by atoms with Gasteiger partial charge in [0.1, 0.15) is 6.07 Å². The molecule has 55 heavy (non-hydrogen) atoms. The monoisotopic (exact) mass is 699 g/mol. The molecule has 5 heteroatoms. The molecule has 0 fully saturated rings. The summed E-state index contributed by atoms with van der Waals surface area (Å²) >= 11 is 0. The van der Waals surface area contributed by atoms with E-state index in [9.17, 15) is 10.5 Å². The number of nitriles is 2. The summed E-state index contributed by atoms with van der Waals surface area (Å²) < 4.78 is 6.91. The molecule has 0 saturated carbocycles. The van der Waals surface area contributed by atoms with Crippen LogP contribution in [0.4, 0.5) is 0 Å². The minimum absolute atomic E-state index is 0.545. The molecule has 0 atom stereocenters. The van der Waals surface area contributed by atoms with Crippen LogP contribution in [0.1, 0.15) is 11.1 Å². The zero-order valence-electron chi connectivity index (χ0n) is 29.5. The number of para-hydroxylation sites is 6. The quantitative estimate of drug-likeness (QED) is 0.184. The number of rotatable bonds is 4. The van der Waals surface area contributed by atoms with Gasteiger partial charge in [0, 0.05) is 43.7 Å². The fraction of sp³-hybridized carbons (Fsp3) is 0. The van der Waals surface area contributed by atoms with Crippen LogP contribution >= 0.6 is 0 Å². The molecule has 11 rings (SSSR count). The highest BCUT2D eigenvalue weighted by molar-refractivity contribution is 6.15. The van der Waals surface area contributed by atoms with Gasteiger partial charge >= 0.3 is 0 Å². The van der Waals surface area contributed by atoms with E-state index in [4.69, 9.17) is 0 Å². The largest absolute Gasteiger partial charge is 0.308 e. The molecule has 254 valence electrons. The third-order valence-electron chi connectivity index (χ3n) is 11.1. The normalized spacial score (nSPS) is 11.6. The second-order valence-electron chi connectivity index (χ2n) is 14.0. The van der Waals surface area contributed by atoms with Gasteiger partial charge in [-0.05, 0) is 77.9 Å². The zero-order valence-corrected chi connectivity index (χ0v) is 29.5. The number of aromatic nitrogens is 3. The standard InChI is InChI=1S/C50H29N5/c51-30-32-26-35(29-37(27-32)54-45-22-6-3-17-40(45)42-19-10-13-34(31-52)49(42)54)33-12-9-14-36(28-33)53-44-21-5-4-18-41(44)43-20-11-25-48(50(43)53)55-46-23-7-1-15-38(46)39-16-2-8-24-47(39)55/h1-29H. The number of hydrogen-bond acceptors (Lipinski definition) is 2. The van der Waals surface area contributed by atoms with Crippen molar-refractivity contribution in [3.8, 4) is 40.3 Å². The van der Waals surface area contributed by atoms with E-state index in [2.05, 4.69) is 165 Å². The van der Waals surface area contributed by atoms with Crippen LogP contribution < -0.4 is 0 Å². The molecule has 0 amide bonds. The Hall–Kier alpha value is -7.86. The maximum atomic E-state index is 10.4. The molecule has 0 aliphatic carbocycles. The van der Waals surface area contributed by atoms with Gasteiger partial charge in [-0.25, -0.2) is 0 Å². The van der Waals surface area contributed by atoms with E-state index in [1.807, 2.05) is 36.4 Å². The first-order chi connectivity index (χ1) is 27.2. The van der Waals surface area contributed by atoms with Crippen LogP contribution in [0, 0.1) is 22.7 Å². The minimum Gasteiger partial charge on any atom is -0.308 e. The SMILES string of the molecule is N#Cc1cc(-c2cccc(-n3c4ccccc4c4cccc(-n5c6ccccc6c6ccccc65)c43)c2)cc(-n2c3ccccc3c3cccc(C#N)c32)c1. The Bertz CT molecular complexity index is 3420. The minimum atomic E-state index is 0.545. The van der Waals surface area contributed by atoms with Gasteiger partial charge in [0.05, 0.1) is 56.0 Å². The second-order valence-corrected chi connectivity index (χ2v) is 14.0. The Morgan fingerprint density at radius 1 is 0.345 bits per heavy atom. The van der Waals surface area contributed by atoms with Crippen LogP contribution in [0.2, 0.25) is 0 Å². The average molecular weight is 700 g/mol. The smallest absolute Gasteiger partial charge is 0.101 e. The molecule has 0 aliphatic heterocycles. The number of fused-ring (bicyclic) bond motifs is 9. The number of nitrogens with zero attached hydrogens (tertiary/aromatic N) is 5. The molecule has 8 aromatic carbocycles. The molecule has 0 N–H and O–H groups in total. The lowest BCUT2D eigenvalue weighted by atomic mass is 10.0. The Labute approximate surface area is 316 Å². The highest BCUT2D eigenvalue weighted by atomic mass is 15.1. The molecule has 0 saturated heterocycles.